The topological polar surface area (TPSA) is 87.7 Å². The quantitative estimate of drug-likeness (QED) is 0.174. The smallest absolute Gasteiger partial charge is 0.304 e. The number of aliphatic imine (C=N–C) groups is 1. The van der Waals surface area contributed by atoms with E-state index < -0.39 is 5.97 Å². The molecule has 0 aliphatic rings. The van der Waals surface area contributed by atoms with Gasteiger partial charge in [0.25, 0.3) is 0 Å². The summed E-state index contributed by atoms with van der Waals surface area (Å²) in [6.45, 7) is 0. The molecule has 3 aromatic carbocycles. The van der Waals surface area contributed by atoms with Crippen molar-refractivity contribution in [1.29, 1.82) is 0 Å². The van der Waals surface area contributed by atoms with Crippen molar-refractivity contribution in [1.82, 2.24) is 5.43 Å². The summed E-state index contributed by atoms with van der Waals surface area (Å²) in [5, 5.41) is 9.38. The molecule has 0 aromatic heterocycles. The van der Waals surface area contributed by atoms with Gasteiger partial charge in [-0.25, -0.2) is 10.8 Å². The van der Waals surface area contributed by atoms with Crippen LogP contribution in [0.2, 0.25) is 0 Å². The minimum Gasteiger partial charge on any atom is -0.481 e. The van der Waals surface area contributed by atoms with Gasteiger partial charge in [0.15, 0.2) is 0 Å². The van der Waals surface area contributed by atoms with E-state index in [1.165, 1.54) is 6.34 Å². The van der Waals surface area contributed by atoms with E-state index in [0.717, 1.165) is 27.9 Å². The number of hydrazine groups is 1. The van der Waals surface area contributed by atoms with Crippen molar-refractivity contribution < 1.29 is 9.90 Å². The Hall–Kier alpha value is -3.70. The molecule has 0 radical (unpaired) electrons. The Morgan fingerprint density at radius 1 is 0.931 bits per heavy atom. The normalized spacial score (nSPS) is 12.3. The van der Waals surface area contributed by atoms with Crippen LogP contribution < -0.4 is 11.3 Å². The van der Waals surface area contributed by atoms with Crippen molar-refractivity contribution in [3.8, 4) is 0 Å². The Balaban J connectivity index is 1.85. The van der Waals surface area contributed by atoms with Crippen LogP contribution in [0, 0.1) is 0 Å². The molecule has 5 nitrogen and oxygen atoms in total. The highest BCUT2D eigenvalue weighted by atomic mass is 16.4. The zero-order chi connectivity index (χ0) is 20.5. The Labute approximate surface area is 170 Å². The van der Waals surface area contributed by atoms with Crippen LogP contribution in [0.15, 0.2) is 83.9 Å². The number of hydrogen-bond acceptors (Lipinski definition) is 3. The molecular weight excluding hydrogens is 362 g/mol. The van der Waals surface area contributed by atoms with Crippen molar-refractivity contribution >= 4 is 30.1 Å². The molecule has 3 aromatic rings. The number of carboxylic acids is 1. The van der Waals surface area contributed by atoms with Crippen LogP contribution in [0.3, 0.4) is 0 Å². The number of carboxylic acid groups (broad SMARTS) is 1. The van der Waals surface area contributed by atoms with Crippen molar-refractivity contribution in [2.75, 3.05) is 0 Å². The lowest BCUT2D eigenvalue weighted by Crippen LogP contribution is -2.18. The van der Waals surface area contributed by atoms with Gasteiger partial charge in [0.1, 0.15) is 6.34 Å². The van der Waals surface area contributed by atoms with E-state index in [2.05, 4.69) is 10.4 Å². The van der Waals surface area contributed by atoms with E-state index in [9.17, 15) is 9.90 Å². The summed E-state index contributed by atoms with van der Waals surface area (Å²) in [7, 11) is 0. The van der Waals surface area contributed by atoms with Crippen LogP contribution in [0.5, 0.6) is 0 Å². The van der Waals surface area contributed by atoms with Gasteiger partial charge < -0.3 is 10.5 Å². The second kappa shape index (κ2) is 10.0. The van der Waals surface area contributed by atoms with Crippen LogP contribution in [0.25, 0.3) is 12.2 Å². The number of nitrogens with zero attached hydrogens (tertiary/aromatic N) is 1. The second-order valence-corrected chi connectivity index (χ2v) is 6.58. The number of hydrogen-bond donors (Lipinski definition) is 3. The van der Waals surface area contributed by atoms with E-state index in [4.69, 9.17) is 5.84 Å². The van der Waals surface area contributed by atoms with Gasteiger partial charge in [-0.15, -0.1) is 0 Å². The average molecular weight is 385 g/mol. The van der Waals surface area contributed by atoms with Crippen molar-refractivity contribution in [3.63, 3.8) is 0 Å². The molecule has 146 valence electrons. The first-order valence-electron chi connectivity index (χ1n) is 9.29. The summed E-state index contributed by atoms with van der Waals surface area (Å²) in [6.07, 6.45) is 5.49. The van der Waals surface area contributed by atoms with Crippen LogP contribution in [-0.2, 0) is 4.79 Å². The summed E-state index contributed by atoms with van der Waals surface area (Å²) < 4.78 is 0. The minimum absolute atomic E-state index is 0.0480. The molecule has 0 aliphatic heterocycles. The van der Waals surface area contributed by atoms with Crippen molar-refractivity contribution in [2.24, 2.45) is 10.8 Å². The van der Waals surface area contributed by atoms with E-state index in [1.807, 2.05) is 91.0 Å². The third kappa shape index (κ3) is 5.89. The summed E-state index contributed by atoms with van der Waals surface area (Å²) >= 11 is 0. The van der Waals surface area contributed by atoms with E-state index in [0.29, 0.717) is 0 Å². The molecule has 0 amide bonds. The van der Waals surface area contributed by atoms with Crippen molar-refractivity contribution in [3.05, 3.63) is 101 Å². The fourth-order valence-corrected chi connectivity index (χ4v) is 3.18. The zero-order valence-electron chi connectivity index (χ0n) is 15.9. The fraction of sp³-hybridized carbons (Fsp3) is 0.0833. The summed E-state index contributed by atoms with van der Waals surface area (Å²) in [6, 6.07) is 25.5. The maximum Gasteiger partial charge on any atom is 0.304 e. The lowest BCUT2D eigenvalue weighted by atomic mass is 9.88. The zero-order valence-corrected chi connectivity index (χ0v) is 15.9. The fourth-order valence-electron chi connectivity index (χ4n) is 3.18. The lowest BCUT2D eigenvalue weighted by Gasteiger charge is -2.16. The Morgan fingerprint density at radius 2 is 1.59 bits per heavy atom. The average Bonchev–Trinajstić information content (AvgIpc) is 2.75. The Morgan fingerprint density at radius 3 is 2.28 bits per heavy atom. The lowest BCUT2D eigenvalue weighted by molar-refractivity contribution is -0.137. The molecule has 5 heteroatoms. The molecule has 0 spiro atoms. The third-order valence-corrected chi connectivity index (χ3v) is 4.52. The number of carbonyl (C=O) groups is 1. The summed E-state index contributed by atoms with van der Waals surface area (Å²) in [5.74, 6) is 4.20. The largest absolute Gasteiger partial charge is 0.481 e. The maximum atomic E-state index is 11.4. The van der Waals surface area contributed by atoms with E-state index in [1.54, 1.807) is 0 Å². The van der Waals surface area contributed by atoms with Gasteiger partial charge in [-0.05, 0) is 34.4 Å². The summed E-state index contributed by atoms with van der Waals surface area (Å²) in [5.41, 5.74) is 7.17. The molecule has 4 N–H and O–H groups in total. The molecule has 0 fully saturated rings. The van der Waals surface area contributed by atoms with Gasteiger partial charge in [-0.1, -0.05) is 78.9 Å². The highest BCUT2D eigenvalue weighted by Crippen LogP contribution is 2.29. The monoisotopic (exact) mass is 385 g/mol. The standard InChI is InChI=1S/C24H23N3O2/c25-27-17-26-22-11-5-7-19(15-22)13-12-18-6-4-10-21(14-18)23(16-24(28)29)20-8-2-1-3-9-20/h1-15,17,23H,16,25H2,(H,26,27)(H,28,29)/b13-12-. The van der Waals surface area contributed by atoms with Crippen molar-refractivity contribution in [2.45, 2.75) is 12.3 Å². The van der Waals surface area contributed by atoms with Gasteiger partial charge in [0.05, 0.1) is 12.1 Å². The maximum absolute atomic E-state index is 11.4. The molecular formula is C24H23N3O2. The van der Waals surface area contributed by atoms with Crippen LogP contribution in [0.4, 0.5) is 5.69 Å². The Kier molecular flexibility index (Phi) is 6.92. The second-order valence-electron chi connectivity index (χ2n) is 6.58. The Bertz CT molecular complexity index is 1010. The molecule has 1 atom stereocenters. The first kappa shape index (κ1) is 20.0. The van der Waals surface area contributed by atoms with Crippen LogP contribution in [-0.4, -0.2) is 17.4 Å². The molecule has 0 bridgehead atoms. The van der Waals surface area contributed by atoms with Crippen LogP contribution in [0.1, 0.15) is 34.6 Å². The molecule has 0 saturated heterocycles. The SMILES string of the molecule is NNC=Nc1cccc(/C=C\c2cccc(C(CC(=O)O)c3ccccc3)c2)c1. The highest BCUT2D eigenvalue weighted by Gasteiger charge is 2.17. The summed E-state index contributed by atoms with van der Waals surface area (Å²) in [4.78, 5) is 15.6. The van der Waals surface area contributed by atoms with Gasteiger partial charge in [-0.3, -0.25) is 4.79 Å². The van der Waals surface area contributed by atoms with E-state index in [-0.39, 0.29) is 12.3 Å². The molecule has 29 heavy (non-hydrogen) atoms. The molecule has 0 aliphatic carbocycles. The van der Waals surface area contributed by atoms with Crippen LogP contribution >= 0.6 is 0 Å². The number of nitrogens with one attached hydrogen (secondary N) is 1. The predicted octanol–water partition coefficient (Wildman–Crippen LogP) is 4.59. The van der Waals surface area contributed by atoms with Gasteiger partial charge in [0, 0.05) is 5.92 Å². The number of rotatable bonds is 8. The molecule has 0 saturated carbocycles. The highest BCUT2D eigenvalue weighted by molar-refractivity contribution is 5.73. The predicted molar refractivity (Wildman–Crippen MR) is 118 cm³/mol. The molecule has 1 unspecified atom stereocenters. The van der Waals surface area contributed by atoms with Gasteiger partial charge in [0.2, 0.25) is 0 Å². The first-order chi connectivity index (χ1) is 14.2. The molecule has 0 heterocycles. The number of aliphatic carboxylic acids is 1. The molecule has 3 rings (SSSR count). The third-order valence-electron chi connectivity index (χ3n) is 4.52. The first-order valence-corrected chi connectivity index (χ1v) is 9.29. The van der Waals surface area contributed by atoms with Gasteiger partial charge in [-0.2, -0.15) is 0 Å². The van der Waals surface area contributed by atoms with E-state index >= 15 is 0 Å². The number of nitrogens with two attached hydrogens (primary N) is 1. The minimum atomic E-state index is -0.816. The van der Waals surface area contributed by atoms with Gasteiger partial charge >= 0.3 is 5.97 Å². The number of benzene rings is 3.